The van der Waals surface area contributed by atoms with Crippen LogP contribution >= 0.6 is 11.3 Å². The highest BCUT2D eigenvalue weighted by Gasteiger charge is 2.09. The summed E-state index contributed by atoms with van der Waals surface area (Å²) in [5, 5.41) is 12.5. The van der Waals surface area contributed by atoms with E-state index < -0.39 is 0 Å². The smallest absolute Gasteiger partial charge is 0.0558 e. The van der Waals surface area contributed by atoms with Gasteiger partial charge >= 0.3 is 0 Å². The second-order valence-corrected chi connectivity index (χ2v) is 6.06. The lowest BCUT2D eigenvalue weighted by atomic mass is 10.2. The molecular weight excluding hydrogens is 256 g/mol. The van der Waals surface area contributed by atoms with Crippen molar-refractivity contribution in [1.29, 1.82) is 0 Å². The molecule has 0 aliphatic heterocycles. The van der Waals surface area contributed by atoms with Crippen LogP contribution in [-0.2, 0) is 13.1 Å². The molecule has 1 aromatic rings. The summed E-state index contributed by atoms with van der Waals surface area (Å²) in [6.07, 6.45) is 3.06. The Morgan fingerprint density at radius 2 is 2.32 bits per heavy atom. The maximum atomic E-state index is 9.08. The van der Waals surface area contributed by atoms with E-state index in [1.807, 2.05) is 17.4 Å². The number of aliphatic hydroxyl groups excluding tert-OH is 1. The molecule has 0 fully saturated rings. The van der Waals surface area contributed by atoms with Crippen LogP contribution in [0.4, 0.5) is 0 Å². The van der Waals surface area contributed by atoms with E-state index in [0.717, 1.165) is 26.2 Å². The van der Waals surface area contributed by atoms with E-state index in [1.165, 1.54) is 21.7 Å². The summed E-state index contributed by atoms with van der Waals surface area (Å²) < 4.78 is 0. The molecule has 3 nitrogen and oxygen atoms in total. The largest absolute Gasteiger partial charge is 0.395 e. The third kappa shape index (κ3) is 5.87. The summed E-state index contributed by atoms with van der Waals surface area (Å²) in [6, 6.07) is 2.29. The van der Waals surface area contributed by atoms with Crippen LogP contribution in [0.15, 0.2) is 18.7 Å². The standard InChI is InChI=1S/C15H26N2OS/c1-4-6-16-11-15-10-14(13(3)19-15)12-17(7-5-2)8-9-18/h5,10,16,18H,2,4,6-9,11-12H2,1,3H3. The van der Waals surface area contributed by atoms with Gasteiger partial charge in [-0.2, -0.15) is 0 Å². The minimum absolute atomic E-state index is 0.196. The molecule has 0 spiro atoms. The van der Waals surface area contributed by atoms with E-state index >= 15 is 0 Å². The summed E-state index contributed by atoms with van der Waals surface area (Å²) >= 11 is 1.87. The maximum absolute atomic E-state index is 9.08. The highest BCUT2D eigenvalue weighted by Crippen LogP contribution is 2.22. The average Bonchev–Trinajstić information content (AvgIpc) is 2.71. The maximum Gasteiger partial charge on any atom is 0.0558 e. The van der Waals surface area contributed by atoms with E-state index in [-0.39, 0.29) is 6.61 Å². The fraction of sp³-hybridized carbons (Fsp3) is 0.600. The van der Waals surface area contributed by atoms with Gasteiger partial charge in [-0.1, -0.05) is 13.0 Å². The summed E-state index contributed by atoms with van der Waals surface area (Å²) in [5.41, 5.74) is 1.37. The van der Waals surface area contributed by atoms with Crippen molar-refractivity contribution in [2.75, 3.05) is 26.2 Å². The van der Waals surface area contributed by atoms with Crippen LogP contribution in [0.3, 0.4) is 0 Å². The van der Waals surface area contributed by atoms with Crippen LogP contribution in [0.5, 0.6) is 0 Å². The van der Waals surface area contributed by atoms with Gasteiger partial charge in [0.05, 0.1) is 6.61 Å². The SMILES string of the molecule is C=CCN(CCO)Cc1cc(CNCCC)sc1C. The molecule has 0 aliphatic rings. The first-order valence-electron chi connectivity index (χ1n) is 6.94. The fourth-order valence-electron chi connectivity index (χ4n) is 2.02. The number of rotatable bonds is 10. The Bertz CT molecular complexity index is 376. The molecule has 0 aliphatic carbocycles. The Kier molecular flexibility index (Phi) is 7.98. The second kappa shape index (κ2) is 9.26. The Morgan fingerprint density at radius 3 is 2.95 bits per heavy atom. The van der Waals surface area contributed by atoms with Crippen molar-refractivity contribution >= 4 is 11.3 Å². The van der Waals surface area contributed by atoms with Crippen molar-refractivity contribution < 1.29 is 5.11 Å². The quantitative estimate of drug-likeness (QED) is 0.511. The van der Waals surface area contributed by atoms with E-state index in [2.05, 4.69) is 36.7 Å². The summed E-state index contributed by atoms with van der Waals surface area (Å²) in [6.45, 7) is 12.8. The monoisotopic (exact) mass is 282 g/mol. The molecule has 1 aromatic heterocycles. The van der Waals surface area contributed by atoms with Gasteiger partial charge in [0.25, 0.3) is 0 Å². The number of aryl methyl sites for hydroxylation is 1. The van der Waals surface area contributed by atoms with Crippen molar-refractivity contribution in [2.45, 2.75) is 33.4 Å². The Balaban J connectivity index is 2.58. The van der Waals surface area contributed by atoms with Gasteiger partial charge in [-0.3, -0.25) is 4.90 Å². The molecule has 1 rings (SSSR count). The molecular formula is C15H26N2OS. The molecule has 4 heteroatoms. The minimum atomic E-state index is 0.196. The topological polar surface area (TPSA) is 35.5 Å². The minimum Gasteiger partial charge on any atom is -0.395 e. The van der Waals surface area contributed by atoms with Gasteiger partial charge < -0.3 is 10.4 Å². The highest BCUT2D eigenvalue weighted by atomic mass is 32.1. The van der Waals surface area contributed by atoms with Gasteiger partial charge in [0, 0.05) is 35.9 Å². The van der Waals surface area contributed by atoms with Gasteiger partial charge in [-0.25, -0.2) is 0 Å². The molecule has 108 valence electrons. The molecule has 2 N–H and O–H groups in total. The third-order valence-electron chi connectivity index (χ3n) is 3.00. The van der Waals surface area contributed by atoms with Crippen molar-refractivity contribution in [2.24, 2.45) is 0 Å². The number of hydrogen-bond acceptors (Lipinski definition) is 4. The Hall–Kier alpha value is -0.680. The zero-order valence-corrected chi connectivity index (χ0v) is 12.9. The zero-order chi connectivity index (χ0) is 14.1. The van der Waals surface area contributed by atoms with Gasteiger partial charge in [-0.15, -0.1) is 17.9 Å². The number of nitrogens with one attached hydrogen (secondary N) is 1. The van der Waals surface area contributed by atoms with Crippen molar-refractivity contribution in [3.63, 3.8) is 0 Å². The highest BCUT2D eigenvalue weighted by molar-refractivity contribution is 7.12. The molecule has 0 bridgehead atoms. The summed E-state index contributed by atoms with van der Waals surface area (Å²) in [5.74, 6) is 0. The normalized spacial score (nSPS) is 11.2. The predicted octanol–water partition coefficient (Wildman–Crippen LogP) is 2.54. The molecule has 0 atom stereocenters. The molecule has 19 heavy (non-hydrogen) atoms. The number of aliphatic hydroxyl groups is 1. The molecule has 1 heterocycles. The first-order valence-corrected chi connectivity index (χ1v) is 7.75. The average molecular weight is 282 g/mol. The molecule has 0 aromatic carbocycles. The van der Waals surface area contributed by atoms with Crippen molar-refractivity contribution in [1.82, 2.24) is 10.2 Å². The second-order valence-electron chi connectivity index (χ2n) is 4.72. The summed E-state index contributed by atoms with van der Waals surface area (Å²) in [7, 11) is 0. The summed E-state index contributed by atoms with van der Waals surface area (Å²) in [4.78, 5) is 4.98. The van der Waals surface area contributed by atoms with Crippen LogP contribution in [-0.4, -0.2) is 36.2 Å². The van der Waals surface area contributed by atoms with Crippen LogP contribution in [0.2, 0.25) is 0 Å². The van der Waals surface area contributed by atoms with Gasteiger partial charge in [0.1, 0.15) is 0 Å². The molecule has 0 amide bonds. The fourth-order valence-corrected chi connectivity index (χ4v) is 3.04. The van der Waals surface area contributed by atoms with E-state index in [1.54, 1.807) is 0 Å². The predicted molar refractivity (Wildman–Crippen MR) is 83.6 cm³/mol. The third-order valence-corrected chi connectivity index (χ3v) is 4.09. The Morgan fingerprint density at radius 1 is 1.53 bits per heavy atom. The zero-order valence-electron chi connectivity index (χ0n) is 12.1. The van der Waals surface area contributed by atoms with Crippen molar-refractivity contribution in [3.8, 4) is 0 Å². The molecule has 0 saturated carbocycles. The first-order chi connectivity index (χ1) is 9.21. The van der Waals surface area contributed by atoms with Gasteiger partial charge in [0.15, 0.2) is 0 Å². The van der Waals surface area contributed by atoms with Crippen LogP contribution in [0.1, 0.15) is 28.7 Å². The van der Waals surface area contributed by atoms with Crippen LogP contribution in [0.25, 0.3) is 0 Å². The number of nitrogens with zero attached hydrogens (tertiary/aromatic N) is 1. The van der Waals surface area contributed by atoms with E-state index in [0.29, 0.717) is 6.54 Å². The molecule has 0 saturated heterocycles. The lowest BCUT2D eigenvalue weighted by Gasteiger charge is -2.19. The first kappa shape index (κ1) is 16.4. The van der Waals surface area contributed by atoms with Crippen LogP contribution < -0.4 is 5.32 Å². The van der Waals surface area contributed by atoms with E-state index in [9.17, 15) is 0 Å². The number of hydrogen-bond donors (Lipinski definition) is 2. The van der Waals surface area contributed by atoms with Gasteiger partial charge in [-0.05, 0) is 31.5 Å². The van der Waals surface area contributed by atoms with E-state index in [4.69, 9.17) is 5.11 Å². The van der Waals surface area contributed by atoms with Gasteiger partial charge in [0.2, 0.25) is 0 Å². The Labute approximate surface area is 121 Å². The lowest BCUT2D eigenvalue weighted by Crippen LogP contribution is -2.26. The number of thiophene rings is 1. The van der Waals surface area contributed by atoms with Crippen molar-refractivity contribution in [3.05, 3.63) is 34.0 Å². The molecule has 0 radical (unpaired) electrons. The van der Waals surface area contributed by atoms with Crippen LogP contribution in [0, 0.1) is 6.92 Å². The lowest BCUT2D eigenvalue weighted by molar-refractivity contribution is 0.203. The molecule has 0 unspecified atom stereocenters.